The Morgan fingerprint density at radius 1 is 0.976 bits per heavy atom. The largest absolute Gasteiger partial charge is 0.478 e. The van der Waals surface area contributed by atoms with Crippen molar-refractivity contribution in [1.29, 1.82) is 0 Å². The number of carboxylic acid groups (broad SMARTS) is 1. The lowest BCUT2D eigenvalue weighted by molar-refractivity contribution is -0.176. The zero-order valence-corrected chi connectivity index (χ0v) is 22.1. The topological polar surface area (TPSA) is 159 Å². The number of hydrogen-bond donors (Lipinski definition) is 3. The number of hydrogen-bond acceptors (Lipinski definition) is 9. The summed E-state index contributed by atoms with van der Waals surface area (Å²) < 4.78 is 26.5. The van der Waals surface area contributed by atoms with Gasteiger partial charge >= 0.3 is 12.0 Å². The van der Waals surface area contributed by atoms with Crippen LogP contribution in [0.15, 0.2) is 73.3 Å². The van der Waals surface area contributed by atoms with Crippen LogP contribution in [-0.2, 0) is 14.2 Å². The molecule has 1 aliphatic carbocycles. The second-order valence-electron chi connectivity index (χ2n) is 10.1. The van der Waals surface area contributed by atoms with Crippen LogP contribution < -0.4 is 15.4 Å². The van der Waals surface area contributed by atoms with Gasteiger partial charge in [-0.3, -0.25) is 9.88 Å². The highest BCUT2D eigenvalue weighted by molar-refractivity contribution is 5.96. The van der Waals surface area contributed by atoms with Crippen LogP contribution in [0.4, 0.5) is 10.6 Å². The van der Waals surface area contributed by atoms with E-state index in [0.717, 1.165) is 18.4 Å². The molecule has 4 unspecified atom stereocenters. The Labute approximate surface area is 239 Å². The maximum Gasteiger partial charge on any atom is 0.339 e. The number of nitrogens with zero attached hydrogens (tertiary/aromatic N) is 4. The van der Waals surface area contributed by atoms with Crippen LogP contribution in [-0.4, -0.2) is 67.5 Å². The van der Waals surface area contributed by atoms with Crippen molar-refractivity contribution in [2.24, 2.45) is 0 Å². The minimum atomic E-state index is -1.13. The minimum Gasteiger partial charge on any atom is -0.478 e. The zero-order chi connectivity index (χ0) is 28.6. The lowest BCUT2D eigenvalue weighted by atomic mass is 10.2. The number of aromatic carboxylic acids is 1. The highest BCUT2D eigenvalue weighted by atomic mass is 16.8. The van der Waals surface area contributed by atoms with Gasteiger partial charge in [0.05, 0.1) is 6.33 Å². The average molecular weight is 571 g/mol. The number of nitrogens with one attached hydrogen (secondary N) is 2. The summed E-state index contributed by atoms with van der Waals surface area (Å²) in [5.74, 6) is -0.749. The third kappa shape index (κ3) is 5.16. The predicted octanol–water partition coefficient (Wildman–Crippen LogP) is 3.57. The highest BCUT2D eigenvalue weighted by Gasteiger charge is 2.55. The van der Waals surface area contributed by atoms with Gasteiger partial charge in [-0.25, -0.2) is 24.5 Å². The second kappa shape index (κ2) is 10.9. The van der Waals surface area contributed by atoms with Crippen molar-refractivity contribution in [1.82, 2.24) is 24.8 Å². The SMILES string of the molecule is O=C(Nc1ncnc2c1ncn2C1OC(Oc2ccccc2C(=O)O)C2O[C@H](/C=C/c3ccccc3)OC21)NC1CC1. The monoisotopic (exact) mass is 570 g/mol. The number of aromatic nitrogens is 4. The molecule has 4 heterocycles. The van der Waals surface area contributed by atoms with E-state index < -0.39 is 37.0 Å². The molecule has 13 heteroatoms. The van der Waals surface area contributed by atoms with Crippen molar-refractivity contribution in [3.63, 3.8) is 0 Å². The summed E-state index contributed by atoms with van der Waals surface area (Å²) in [4.78, 5) is 37.2. The smallest absolute Gasteiger partial charge is 0.339 e. The second-order valence-corrected chi connectivity index (χ2v) is 10.1. The van der Waals surface area contributed by atoms with Crippen LogP contribution in [0, 0.1) is 0 Å². The fourth-order valence-electron chi connectivity index (χ4n) is 4.96. The molecule has 3 aliphatic rings. The Morgan fingerprint density at radius 2 is 1.76 bits per heavy atom. The van der Waals surface area contributed by atoms with Crippen LogP contribution in [0.25, 0.3) is 17.2 Å². The van der Waals surface area contributed by atoms with Crippen LogP contribution in [0.3, 0.4) is 0 Å². The Bertz CT molecular complexity index is 1660. The molecule has 3 fully saturated rings. The Hall–Kier alpha value is -4.85. The van der Waals surface area contributed by atoms with Crippen molar-refractivity contribution in [3.8, 4) is 5.75 Å². The average Bonchev–Trinajstić information content (AvgIpc) is 3.40. The number of benzene rings is 2. The van der Waals surface area contributed by atoms with Gasteiger partial charge in [0.1, 0.15) is 23.7 Å². The van der Waals surface area contributed by atoms with Crippen molar-refractivity contribution >= 4 is 35.1 Å². The van der Waals surface area contributed by atoms with Gasteiger partial charge in [-0.1, -0.05) is 48.5 Å². The van der Waals surface area contributed by atoms with Crippen molar-refractivity contribution in [2.45, 2.75) is 49.9 Å². The van der Waals surface area contributed by atoms with E-state index in [1.165, 1.54) is 18.7 Å². The number of imidazole rings is 1. The molecule has 2 amide bonds. The minimum absolute atomic E-state index is 0.0125. The molecule has 4 aromatic rings. The van der Waals surface area contributed by atoms with Gasteiger partial charge in [0, 0.05) is 6.04 Å². The van der Waals surface area contributed by atoms with Gasteiger partial charge in [0.2, 0.25) is 6.29 Å². The third-order valence-electron chi connectivity index (χ3n) is 7.11. The van der Waals surface area contributed by atoms with Crippen LogP contribution >= 0.6 is 0 Å². The first-order chi connectivity index (χ1) is 20.5. The number of urea groups is 1. The Balaban J connectivity index is 1.19. The number of fused-ring (bicyclic) bond motifs is 2. The summed E-state index contributed by atoms with van der Waals surface area (Å²) in [7, 11) is 0. The normalized spacial score (nSPS) is 25.0. The van der Waals surface area contributed by atoms with E-state index in [-0.39, 0.29) is 29.2 Å². The molecular formula is C29H26N6O7. The summed E-state index contributed by atoms with van der Waals surface area (Å²) in [6, 6.07) is 15.8. The summed E-state index contributed by atoms with van der Waals surface area (Å²) in [6.45, 7) is 0. The van der Waals surface area contributed by atoms with Gasteiger partial charge in [-0.05, 0) is 36.6 Å². The molecule has 7 rings (SSSR count). The number of carboxylic acids is 1. The molecular weight excluding hydrogens is 544 g/mol. The van der Waals surface area contributed by atoms with E-state index in [1.54, 1.807) is 28.8 Å². The lowest BCUT2D eigenvalue weighted by Crippen LogP contribution is -2.33. The van der Waals surface area contributed by atoms with Gasteiger partial charge in [0.25, 0.3) is 0 Å². The van der Waals surface area contributed by atoms with E-state index >= 15 is 0 Å². The third-order valence-corrected chi connectivity index (χ3v) is 7.11. The molecule has 0 radical (unpaired) electrons. The number of rotatable bonds is 8. The van der Waals surface area contributed by atoms with Gasteiger partial charge in [-0.15, -0.1) is 0 Å². The molecule has 2 aromatic heterocycles. The quantitative estimate of drug-likeness (QED) is 0.286. The lowest BCUT2D eigenvalue weighted by Gasteiger charge is -2.21. The molecule has 2 aromatic carbocycles. The molecule has 5 atom stereocenters. The molecule has 2 saturated heterocycles. The molecule has 3 N–H and O–H groups in total. The standard InChI is InChI=1S/C29H26N6O7/c36-27(37)18-8-4-5-9-19(18)39-28-23-22(40-20(41-23)13-10-16-6-2-1-3-7-16)26(42-28)35-15-32-21-24(30-14-31-25(21)35)34-29(38)33-17-11-12-17/h1-10,13-15,17,20,22-23,26,28H,11-12H2,(H,36,37)(H2,30,31,33,34,38)/b13-10+/t20-,22?,23?,26?,28?/m1/s1. The number of ether oxygens (including phenoxy) is 4. The van der Waals surface area contributed by atoms with Crippen molar-refractivity contribution in [2.75, 3.05) is 5.32 Å². The van der Waals surface area contributed by atoms with Gasteiger partial charge in [-0.2, -0.15) is 0 Å². The number of anilines is 1. The maximum atomic E-state index is 12.4. The predicted molar refractivity (Wildman–Crippen MR) is 147 cm³/mol. The summed E-state index contributed by atoms with van der Waals surface area (Å²) >= 11 is 0. The first kappa shape index (κ1) is 26.1. The Morgan fingerprint density at radius 3 is 2.57 bits per heavy atom. The van der Waals surface area contributed by atoms with E-state index in [0.29, 0.717) is 11.2 Å². The molecule has 1 saturated carbocycles. The van der Waals surface area contributed by atoms with E-state index in [9.17, 15) is 14.7 Å². The van der Waals surface area contributed by atoms with E-state index in [2.05, 4.69) is 25.6 Å². The number of carbonyl (C=O) groups is 2. The van der Waals surface area contributed by atoms with Crippen LogP contribution in [0.1, 0.15) is 35.0 Å². The van der Waals surface area contributed by atoms with Gasteiger partial charge in [0.15, 0.2) is 35.6 Å². The fourth-order valence-corrected chi connectivity index (χ4v) is 4.96. The molecule has 2 aliphatic heterocycles. The first-order valence-corrected chi connectivity index (χ1v) is 13.5. The van der Waals surface area contributed by atoms with Crippen LogP contribution in [0.2, 0.25) is 0 Å². The molecule has 42 heavy (non-hydrogen) atoms. The van der Waals surface area contributed by atoms with Crippen LogP contribution in [0.5, 0.6) is 5.75 Å². The highest BCUT2D eigenvalue weighted by Crippen LogP contribution is 2.42. The number of amides is 2. The molecule has 0 bridgehead atoms. The maximum absolute atomic E-state index is 12.4. The summed E-state index contributed by atoms with van der Waals surface area (Å²) in [6.07, 6.45) is 4.51. The Kier molecular flexibility index (Phi) is 6.74. The van der Waals surface area contributed by atoms with E-state index in [4.69, 9.17) is 18.9 Å². The number of carbonyl (C=O) groups excluding carboxylic acids is 1. The van der Waals surface area contributed by atoms with Crippen molar-refractivity contribution in [3.05, 3.63) is 84.5 Å². The van der Waals surface area contributed by atoms with E-state index in [1.807, 2.05) is 36.4 Å². The summed E-state index contributed by atoms with van der Waals surface area (Å²) in [5, 5.41) is 15.3. The molecule has 0 spiro atoms. The molecule has 13 nitrogen and oxygen atoms in total. The fraction of sp³-hybridized carbons (Fsp3) is 0.276. The van der Waals surface area contributed by atoms with Gasteiger partial charge < -0.3 is 29.4 Å². The zero-order valence-electron chi connectivity index (χ0n) is 22.1. The summed E-state index contributed by atoms with van der Waals surface area (Å²) in [5.41, 5.74) is 1.72. The molecule has 214 valence electrons. The van der Waals surface area contributed by atoms with Crippen molar-refractivity contribution < 1.29 is 33.6 Å². The first-order valence-electron chi connectivity index (χ1n) is 13.5. The number of para-hydroxylation sites is 1.